The van der Waals surface area contributed by atoms with Crippen LogP contribution in [-0.4, -0.2) is 33.1 Å². The van der Waals surface area contributed by atoms with Crippen LogP contribution < -0.4 is 0 Å². The van der Waals surface area contributed by atoms with Crippen molar-refractivity contribution < 1.29 is 9.63 Å². The van der Waals surface area contributed by atoms with Crippen molar-refractivity contribution in [1.29, 1.82) is 0 Å². The Morgan fingerprint density at radius 3 is 2.92 bits per heavy atom. The first kappa shape index (κ1) is 9.46. The molecule has 0 saturated carbocycles. The lowest BCUT2D eigenvalue weighted by Gasteiger charge is -2.12. The topological polar surface area (TPSA) is 47.4 Å². The molecule has 0 aromatic carbocycles. The van der Waals surface area contributed by atoms with E-state index >= 15 is 0 Å². The first-order valence-corrected chi connectivity index (χ1v) is 4.15. The molecule has 0 saturated heterocycles. The maximum absolute atomic E-state index is 11.4. The number of carbonyl (C=O) groups excluding carboxylic acids is 1. The van der Waals surface area contributed by atoms with E-state index in [2.05, 4.69) is 5.10 Å². The molecule has 0 bridgehead atoms. The van der Waals surface area contributed by atoms with Gasteiger partial charge in [-0.2, -0.15) is 7.99 Å². The van der Waals surface area contributed by atoms with Gasteiger partial charge < -0.3 is 0 Å². The van der Waals surface area contributed by atoms with Crippen molar-refractivity contribution in [1.82, 2.24) is 13.1 Å². The first-order chi connectivity index (χ1) is 5.66. The molecule has 0 fully saturated rings. The number of rotatable bonds is 2. The van der Waals surface area contributed by atoms with Gasteiger partial charge in [0.1, 0.15) is 5.69 Å². The van der Waals surface area contributed by atoms with Gasteiger partial charge >= 0.3 is 0 Å². The van der Waals surface area contributed by atoms with Gasteiger partial charge in [0.05, 0.1) is 36.2 Å². The second-order valence-electron chi connectivity index (χ2n) is 2.06. The smallest absolute Gasteiger partial charge is 0.274 e. The minimum atomic E-state index is -0.218. The minimum absolute atomic E-state index is 0.218. The van der Waals surface area contributed by atoms with Crippen LogP contribution in [-0.2, 0) is 4.84 Å². The summed E-state index contributed by atoms with van der Waals surface area (Å²) in [5, 5.41) is 5.00. The van der Waals surface area contributed by atoms with Gasteiger partial charge in [-0.3, -0.25) is 9.63 Å². The molecule has 0 atom stereocenters. The zero-order valence-corrected chi connectivity index (χ0v) is 8.85. The monoisotopic (exact) mass is 281 g/mol. The summed E-state index contributed by atoms with van der Waals surface area (Å²) in [6.07, 6.45) is 1.56. The van der Waals surface area contributed by atoms with Gasteiger partial charge in [0, 0.05) is 7.05 Å². The van der Waals surface area contributed by atoms with Crippen molar-refractivity contribution in [2.75, 3.05) is 14.2 Å². The van der Waals surface area contributed by atoms with Crippen LogP contribution in [0.15, 0.2) is 12.3 Å². The van der Waals surface area contributed by atoms with Crippen LogP contribution in [0.3, 0.4) is 0 Å². The maximum atomic E-state index is 11.4. The molecule has 66 valence electrons. The molecule has 0 aliphatic carbocycles. The molecule has 1 amide bonds. The third kappa shape index (κ3) is 1.75. The molecule has 0 spiro atoms. The standard InChI is InChI=1S/C6H8IN3O2/c1-9(12-2)6(11)5-3-4-8-10(5)7/h3-4H,1-2H3. The van der Waals surface area contributed by atoms with Crippen LogP contribution in [0, 0.1) is 0 Å². The Labute approximate surface area is 83.7 Å². The highest BCUT2D eigenvalue weighted by molar-refractivity contribution is 14.1. The van der Waals surface area contributed by atoms with E-state index in [1.54, 1.807) is 19.3 Å². The van der Waals surface area contributed by atoms with Gasteiger partial charge in [0.15, 0.2) is 0 Å². The normalized spacial score (nSPS) is 9.92. The van der Waals surface area contributed by atoms with Crippen molar-refractivity contribution >= 4 is 28.8 Å². The molecular formula is C6H8IN3O2. The Bertz CT molecular complexity index is 286. The van der Waals surface area contributed by atoms with Crippen molar-refractivity contribution in [2.24, 2.45) is 0 Å². The molecule has 0 N–H and O–H groups in total. The summed E-state index contributed by atoms with van der Waals surface area (Å²) in [6.45, 7) is 0. The van der Waals surface area contributed by atoms with Crippen LogP contribution in [0.1, 0.15) is 10.5 Å². The largest absolute Gasteiger partial charge is 0.296 e. The van der Waals surface area contributed by atoms with E-state index in [4.69, 9.17) is 4.84 Å². The summed E-state index contributed by atoms with van der Waals surface area (Å²) in [5.74, 6) is -0.218. The van der Waals surface area contributed by atoms with Gasteiger partial charge in [-0.05, 0) is 6.07 Å². The summed E-state index contributed by atoms with van der Waals surface area (Å²) in [5.41, 5.74) is 0.486. The number of halogens is 1. The molecule has 0 unspecified atom stereocenters. The van der Waals surface area contributed by atoms with Crippen molar-refractivity contribution in [2.45, 2.75) is 0 Å². The molecule has 5 nitrogen and oxygen atoms in total. The highest BCUT2D eigenvalue weighted by Crippen LogP contribution is 2.05. The van der Waals surface area contributed by atoms with Crippen molar-refractivity contribution in [3.63, 3.8) is 0 Å². The molecular weight excluding hydrogens is 273 g/mol. The SMILES string of the molecule is CON(C)C(=O)c1ccnn1I. The van der Waals surface area contributed by atoms with Gasteiger partial charge in [-0.15, -0.1) is 0 Å². The zero-order valence-electron chi connectivity index (χ0n) is 6.69. The highest BCUT2D eigenvalue weighted by Gasteiger charge is 2.14. The number of hydrogen-bond acceptors (Lipinski definition) is 3. The number of hydroxylamine groups is 2. The molecule has 0 radical (unpaired) electrons. The summed E-state index contributed by atoms with van der Waals surface area (Å²) < 4.78 is 1.47. The molecule has 12 heavy (non-hydrogen) atoms. The fourth-order valence-electron chi connectivity index (χ4n) is 0.681. The lowest BCUT2D eigenvalue weighted by atomic mass is 10.4. The Morgan fingerprint density at radius 2 is 2.50 bits per heavy atom. The van der Waals surface area contributed by atoms with E-state index in [0.717, 1.165) is 5.06 Å². The summed E-state index contributed by atoms with van der Waals surface area (Å²) in [6, 6.07) is 1.63. The summed E-state index contributed by atoms with van der Waals surface area (Å²) >= 11 is 1.92. The fourth-order valence-corrected chi connectivity index (χ4v) is 1.19. The third-order valence-corrected chi connectivity index (χ3v) is 2.15. The number of hydrogen-bond donors (Lipinski definition) is 0. The van der Waals surface area contributed by atoms with Crippen molar-refractivity contribution in [3.8, 4) is 0 Å². The van der Waals surface area contributed by atoms with Crippen molar-refractivity contribution in [3.05, 3.63) is 18.0 Å². The molecule has 0 aliphatic rings. The Morgan fingerprint density at radius 1 is 1.83 bits per heavy atom. The average Bonchev–Trinajstić information content (AvgIpc) is 2.48. The third-order valence-electron chi connectivity index (χ3n) is 1.38. The van der Waals surface area contributed by atoms with E-state index in [1.807, 2.05) is 22.9 Å². The first-order valence-electron chi connectivity index (χ1n) is 3.19. The number of aromatic nitrogens is 2. The van der Waals surface area contributed by atoms with Crippen LogP contribution in [0.25, 0.3) is 0 Å². The Hall–Kier alpha value is -0.630. The second-order valence-corrected chi connectivity index (χ2v) is 2.98. The molecule has 6 heteroatoms. The average molecular weight is 281 g/mol. The summed E-state index contributed by atoms with van der Waals surface area (Å²) in [4.78, 5) is 16.1. The van der Waals surface area contributed by atoms with Gasteiger partial charge in [-0.1, -0.05) is 0 Å². The Balaban J connectivity index is 2.85. The van der Waals surface area contributed by atoms with Crippen LogP contribution in [0.2, 0.25) is 0 Å². The molecule has 1 heterocycles. The van der Waals surface area contributed by atoms with E-state index in [-0.39, 0.29) is 5.91 Å². The lowest BCUT2D eigenvalue weighted by molar-refractivity contribution is -0.0760. The van der Waals surface area contributed by atoms with E-state index in [1.165, 1.54) is 10.0 Å². The second kappa shape index (κ2) is 3.85. The van der Waals surface area contributed by atoms with Gasteiger partial charge in [0.25, 0.3) is 5.91 Å². The number of carbonyl (C=O) groups is 1. The van der Waals surface area contributed by atoms with Gasteiger partial charge in [-0.25, -0.2) is 5.06 Å². The maximum Gasteiger partial charge on any atom is 0.296 e. The predicted molar refractivity (Wildman–Crippen MR) is 50.7 cm³/mol. The molecule has 1 aromatic rings. The lowest BCUT2D eigenvalue weighted by Crippen LogP contribution is -2.26. The summed E-state index contributed by atoms with van der Waals surface area (Å²) in [7, 11) is 2.98. The van der Waals surface area contributed by atoms with Crippen LogP contribution >= 0.6 is 22.9 Å². The predicted octanol–water partition coefficient (Wildman–Crippen LogP) is 0.715. The zero-order chi connectivity index (χ0) is 9.14. The minimum Gasteiger partial charge on any atom is -0.274 e. The quantitative estimate of drug-likeness (QED) is 0.592. The van der Waals surface area contributed by atoms with Crippen LogP contribution in [0.4, 0.5) is 0 Å². The van der Waals surface area contributed by atoms with E-state index in [0.29, 0.717) is 5.69 Å². The van der Waals surface area contributed by atoms with E-state index in [9.17, 15) is 4.79 Å². The van der Waals surface area contributed by atoms with E-state index < -0.39 is 0 Å². The number of nitrogens with zero attached hydrogens (tertiary/aromatic N) is 3. The highest BCUT2D eigenvalue weighted by atomic mass is 127. The van der Waals surface area contributed by atoms with Gasteiger partial charge in [0.2, 0.25) is 0 Å². The molecule has 1 rings (SSSR count). The van der Waals surface area contributed by atoms with Crippen LogP contribution in [0.5, 0.6) is 0 Å². The number of amides is 1. The Kier molecular flexibility index (Phi) is 3.04. The molecule has 0 aliphatic heterocycles. The molecule has 1 aromatic heterocycles. The fraction of sp³-hybridized carbons (Fsp3) is 0.333.